The molecule has 0 atom stereocenters. The lowest BCUT2D eigenvalue weighted by atomic mass is 9.97. The summed E-state index contributed by atoms with van der Waals surface area (Å²) in [7, 11) is -0.0305. The van der Waals surface area contributed by atoms with E-state index in [9.17, 15) is 13.2 Å². The molecule has 0 aliphatic carbocycles. The zero-order valence-electron chi connectivity index (χ0n) is 15.7. The van der Waals surface area contributed by atoms with Gasteiger partial charge >= 0.3 is 0 Å². The first-order valence-electron chi connectivity index (χ1n) is 8.87. The van der Waals surface area contributed by atoms with Crippen LogP contribution in [0.1, 0.15) is 31.7 Å². The molecule has 1 amide bonds. The molecule has 1 saturated heterocycles. The van der Waals surface area contributed by atoms with Gasteiger partial charge in [0.1, 0.15) is 0 Å². The molecule has 1 aliphatic rings. The number of carbonyl (C=O) groups is 1. The van der Waals surface area contributed by atoms with Crippen LogP contribution < -0.4 is 14.8 Å². The zero-order chi connectivity index (χ0) is 19.2. The van der Waals surface area contributed by atoms with E-state index in [0.29, 0.717) is 50.4 Å². The monoisotopic (exact) mass is 384 g/mol. The van der Waals surface area contributed by atoms with Crippen molar-refractivity contribution < 1.29 is 22.7 Å². The van der Waals surface area contributed by atoms with Gasteiger partial charge in [-0.05, 0) is 37.0 Å². The van der Waals surface area contributed by atoms with Gasteiger partial charge in [-0.1, -0.05) is 13.0 Å². The fraction of sp³-hybridized carbons (Fsp3) is 0.611. The second-order valence-corrected chi connectivity index (χ2v) is 8.48. The minimum atomic E-state index is -3.18. The van der Waals surface area contributed by atoms with Gasteiger partial charge in [-0.2, -0.15) is 0 Å². The van der Waals surface area contributed by atoms with Crippen LogP contribution in [0.5, 0.6) is 11.5 Å². The van der Waals surface area contributed by atoms with Crippen molar-refractivity contribution in [3.63, 3.8) is 0 Å². The van der Waals surface area contributed by atoms with Crippen LogP contribution in [0.2, 0.25) is 0 Å². The standard InChI is InChI=1S/C18H28N2O5S/c1-4-11-26(22,23)20-9-7-15(8-10-20)18(21)19-13-14-5-6-16(24-2)17(12-14)25-3/h5-6,12,15H,4,7-11,13H2,1-3H3,(H,19,21). The smallest absolute Gasteiger partial charge is 0.223 e. The molecule has 1 heterocycles. The average Bonchev–Trinajstić information content (AvgIpc) is 2.65. The molecule has 1 aromatic carbocycles. The second-order valence-electron chi connectivity index (χ2n) is 6.40. The number of benzene rings is 1. The van der Waals surface area contributed by atoms with Crippen molar-refractivity contribution >= 4 is 15.9 Å². The number of ether oxygens (including phenoxy) is 2. The number of sulfonamides is 1. The second kappa shape index (κ2) is 9.23. The van der Waals surface area contributed by atoms with E-state index >= 15 is 0 Å². The van der Waals surface area contributed by atoms with E-state index in [1.54, 1.807) is 20.3 Å². The van der Waals surface area contributed by atoms with Gasteiger partial charge in [0.05, 0.1) is 20.0 Å². The molecule has 2 rings (SSSR count). The largest absolute Gasteiger partial charge is 0.493 e. The van der Waals surface area contributed by atoms with Crippen LogP contribution in [0.4, 0.5) is 0 Å². The van der Waals surface area contributed by atoms with E-state index in [-0.39, 0.29) is 17.6 Å². The first-order chi connectivity index (χ1) is 12.4. The van der Waals surface area contributed by atoms with E-state index in [0.717, 1.165) is 5.56 Å². The first kappa shape index (κ1) is 20.5. The Balaban J connectivity index is 1.86. The Morgan fingerprint density at radius 1 is 1.19 bits per heavy atom. The molecule has 0 bridgehead atoms. The molecule has 7 nitrogen and oxygen atoms in total. The SMILES string of the molecule is CCCS(=O)(=O)N1CCC(C(=O)NCc2ccc(OC)c(OC)c2)CC1. The number of carbonyl (C=O) groups excluding carboxylic acids is 1. The molecule has 8 heteroatoms. The molecule has 1 N–H and O–H groups in total. The lowest BCUT2D eigenvalue weighted by Crippen LogP contribution is -2.43. The normalized spacial score (nSPS) is 16.3. The Bertz CT molecular complexity index is 712. The summed E-state index contributed by atoms with van der Waals surface area (Å²) in [6.07, 6.45) is 1.72. The van der Waals surface area contributed by atoms with E-state index in [4.69, 9.17) is 9.47 Å². The van der Waals surface area contributed by atoms with Gasteiger partial charge < -0.3 is 14.8 Å². The predicted molar refractivity (Wildman–Crippen MR) is 99.8 cm³/mol. The molecule has 1 aliphatic heterocycles. The molecular formula is C18H28N2O5S. The van der Waals surface area contributed by atoms with E-state index in [2.05, 4.69) is 5.32 Å². The van der Waals surface area contributed by atoms with Gasteiger partial charge in [-0.3, -0.25) is 4.79 Å². The van der Waals surface area contributed by atoms with Crippen LogP contribution >= 0.6 is 0 Å². The number of nitrogens with zero attached hydrogens (tertiary/aromatic N) is 1. The fourth-order valence-electron chi connectivity index (χ4n) is 3.11. The molecule has 0 saturated carbocycles. The third-order valence-electron chi connectivity index (χ3n) is 4.59. The van der Waals surface area contributed by atoms with Crippen molar-refractivity contribution in [2.75, 3.05) is 33.1 Å². The summed E-state index contributed by atoms with van der Waals surface area (Å²) in [4.78, 5) is 12.4. The number of nitrogens with one attached hydrogen (secondary N) is 1. The van der Waals surface area contributed by atoms with Crippen LogP contribution in [0, 0.1) is 5.92 Å². The number of amides is 1. The summed E-state index contributed by atoms with van der Waals surface area (Å²) >= 11 is 0. The van der Waals surface area contributed by atoms with E-state index in [1.165, 1.54) is 4.31 Å². The summed E-state index contributed by atoms with van der Waals surface area (Å²) in [5.74, 6) is 1.25. The van der Waals surface area contributed by atoms with Crippen LogP contribution in [0.3, 0.4) is 0 Å². The van der Waals surface area contributed by atoms with E-state index in [1.807, 2.05) is 19.1 Å². The Kier molecular flexibility index (Phi) is 7.28. The van der Waals surface area contributed by atoms with Crippen molar-refractivity contribution in [1.29, 1.82) is 0 Å². The van der Waals surface area contributed by atoms with Crippen molar-refractivity contribution in [2.24, 2.45) is 5.92 Å². The zero-order valence-corrected chi connectivity index (χ0v) is 16.5. The quantitative estimate of drug-likeness (QED) is 0.738. The molecule has 146 valence electrons. The molecule has 0 spiro atoms. The summed E-state index contributed by atoms with van der Waals surface area (Å²) in [5.41, 5.74) is 0.916. The molecule has 1 fully saturated rings. The Morgan fingerprint density at radius 3 is 2.42 bits per heavy atom. The molecule has 1 aromatic rings. The summed E-state index contributed by atoms with van der Waals surface area (Å²) < 4.78 is 36.2. The topological polar surface area (TPSA) is 84.9 Å². The lowest BCUT2D eigenvalue weighted by Gasteiger charge is -2.30. The summed E-state index contributed by atoms with van der Waals surface area (Å²) in [5, 5.41) is 2.93. The van der Waals surface area contributed by atoms with Crippen molar-refractivity contribution in [3.05, 3.63) is 23.8 Å². The third kappa shape index (κ3) is 5.11. The summed E-state index contributed by atoms with van der Waals surface area (Å²) in [6, 6.07) is 5.51. The highest BCUT2D eigenvalue weighted by molar-refractivity contribution is 7.89. The third-order valence-corrected chi connectivity index (χ3v) is 6.67. The van der Waals surface area contributed by atoms with E-state index < -0.39 is 10.0 Å². The van der Waals surface area contributed by atoms with Crippen molar-refractivity contribution in [2.45, 2.75) is 32.7 Å². The minimum absolute atomic E-state index is 0.0349. The average molecular weight is 384 g/mol. The van der Waals surface area contributed by atoms with Gasteiger partial charge in [0, 0.05) is 25.6 Å². The maximum atomic E-state index is 12.4. The molecular weight excluding hydrogens is 356 g/mol. The maximum absolute atomic E-state index is 12.4. The van der Waals surface area contributed by atoms with Crippen LogP contribution in [-0.4, -0.2) is 51.7 Å². The molecule has 0 aromatic heterocycles. The first-order valence-corrected chi connectivity index (χ1v) is 10.5. The van der Waals surface area contributed by atoms with Gasteiger partial charge in [-0.25, -0.2) is 12.7 Å². The molecule has 0 unspecified atom stereocenters. The highest BCUT2D eigenvalue weighted by atomic mass is 32.2. The van der Waals surface area contributed by atoms with Crippen LogP contribution in [0.15, 0.2) is 18.2 Å². The summed E-state index contributed by atoms with van der Waals surface area (Å²) in [6.45, 7) is 3.08. The minimum Gasteiger partial charge on any atom is -0.493 e. The number of methoxy groups -OCH3 is 2. The van der Waals surface area contributed by atoms with Gasteiger partial charge in [0.2, 0.25) is 15.9 Å². The molecule has 26 heavy (non-hydrogen) atoms. The Morgan fingerprint density at radius 2 is 1.85 bits per heavy atom. The highest BCUT2D eigenvalue weighted by Crippen LogP contribution is 2.27. The number of piperidine rings is 1. The van der Waals surface area contributed by atoms with Crippen LogP contribution in [-0.2, 0) is 21.4 Å². The fourth-order valence-corrected chi connectivity index (χ4v) is 4.65. The number of rotatable bonds is 8. The number of hydrogen-bond acceptors (Lipinski definition) is 5. The Labute approximate surface area is 155 Å². The maximum Gasteiger partial charge on any atom is 0.223 e. The number of hydrogen-bond donors (Lipinski definition) is 1. The lowest BCUT2D eigenvalue weighted by molar-refractivity contribution is -0.126. The van der Waals surface area contributed by atoms with Gasteiger partial charge in [0.15, 0.2) is 11.5 Å². The van der Waals surface area contributed by atoms with Crippen LogP contribution in [0.25, 0.3) is 0 Å². The van der Waals surface area contributed by atoms with Crippen molar-refractivity contribution in [3.8, 4) is 11.5 Å². The van der Waals surface area contributed by atoms with Gasteiger partial charge in [-0.15, -0.1) is 0 Å². The Hall–Kier alpha value is -1.80. The predicted octanol–water partition coefficient (Wildman–Crippen LogP) is 1.77. The molecule has 0 radical (unpaired) electrons. The van der Waals surface area contributed by atoms with Crippen molar-refractivity contribution in [1.82, 2.24) is 9.62 Å². The van der Waals surface area contributed by atoms with Gasteiger partial charge in [0.25, 0.3) is 0 Å². The highest BCUT2D eigenvalue weighted by Gasteiger charge is 2.30.